The van der Waals surface area contributed by atoms with Crippen molar-refractivity contribution in [3.05, 3.63) is 39.9 Å². The van der Waals surface area contributed by atoms with Crippen LogP contribution < -0.4 is 5.32 Å². The number of benzene rings is 1. The first-order valence-electron chi connectivity index (χ1n) is 4.59. The maximum atomic E-state index is 11.4. The van der Waals surface area contributed by atoms with Gasteiger partial charge >= 0.3 is 5.97 Å². The summed E-state index contributed by atoms with van der Waals surface area (Å²) in [4.78, 5) is 21.4. The third kappa shape index (κ3) is 2.54. The van der Waals surface area contributed by atoms with Crippen LogP contribution in [0.25, 0.3) is 0 Å². The van der Waals surface area contributed by atoms with Crippen molar-refractivity contribution in [2.24, 2.45) is 0 Å². The number of carbonyl (C=O) groups is 1. The maximum absolute atomic E-state index is 11.4. The average molecular weight is 224 g/mol. The Hall–Kier alpha value is -1.95. The van der Waals surface area contributed by atoms with E-state index in [9.17, 15) is 14.9 Å². The lowest BCUT2D eigenvalue weighted by atomic mass is 10.1. The van der Waals surface area contributed by atoms with Gasteiger partial charge in [0.05, 0.1) is 12.0 Å². The molecule has 0 amide bonds. The molecule has 16 heavy (non-hydrogen) atoms. The molecule has 6 heteroatoms. The predicted molar refractivity (Wildman–Crippen MR) is 56.9 cm³/mol. The summed E-state index contributed by atoms with van der Waals surface area (Å²) < 4.78 is 4.59. The molecule has 1 atom stereocenters. The fourth-order valence-corrected chi connectivity index (χ4v) is 1.36. The summed E-state index contributed by atoms with van der Waals surface area (Å²) >= 11 is 0. The van der Waals surface area contributed by atoms with Gasteiger partial charge in [-0.25, -0.2) is 4.79 Å². The van der Waals surface area contributed by atoms with Crippen LogP contribution in [0.4, 0.5) is 5.69 Å². The lowest BCUT2D eigenvalue weighted by molar-refractivity contribution is -0.384. The number of carbonyl (C=O) groups excluding carboxylic acids is 1. The third-order valence-corrected chi connectivity index (χ3v) is 2.14. The number of methoxy groups -OCH3 is 1. The van der Waals surface area contributed by atoms with Gasteiger partial charge in [0.1, 0.15) is 6.04 Å². The summed E-state index contributed by atoms with van der Waals surface area (Å²) in [6, 6.07) is 5.18. The fraction of sp³-hybridized carbons (Fsp3) is 0.300. The summed E-state index contributed by atoms with van der Waals surface area (Å²) in [5, 5.41) is 13.3. The molecule has 86 valence electrons. The second-order valence-corrected chi connectivity index (χ2v) is 3.10. The molecule has 6 nitrogen and oxygen atoms in total. The van der Waals surface area contributed by atoms with E-state index in [0.717, 1.165) is 0 Å². The van der Waals surface area contributed by atoms with Crippen molar-refractivity contribution >= 4 is 11.7 Å². The highest BCUT2D eigenvalue weighted by Crippen LogP contribution is 2.19. The van der Waals surface area contributed by atoms with Gasteiger partial charge in [-0.1, -0.05) is 12.1 Å². The Balaban J connectivity index is 3.06. The SMILES string of the molecule is CNC(C(=O)OC)c1cccc([N+](=O)[O-])c1. The van der Waals surface area contributed by atoms with Gasteiger partial charge in [0.15, 0.2) is 0 Å². The average Bonchev–Trinajstić information content (AvgIpc) is 2.30. The number of nitro benzene ring substituents is 1. The summed E-state index contributed by atoms with van der Waals surface area (Å²) in [5.41, 5.74) is 0.449. The molecule has 1 rings (SSSR count). The van der Waals surface area contributed by atoms with Crippen LogP contribution in [0.3, 0.4) is 0 Å². The molecular weight excluding hydrogens is 212 g/mol. The molecule has 0 bridgehead atoms. The molecule has 0 saturated carbocycles. The van der Waals surface area contributed by atoms with Crippen molar-refractivity contribution in [3.8, 4) is 0 Å². The molecule has 0 aliphatic heterocycles. The van der Waals surface area contributed by atoms with Crippen LogP contribution in [0, 0.1) is 10.1 Å². The standard InChI is InChI=1S/C10H12N2O4/c1-11-9(10(13)16-2)7-4-3-5-8(6-7)12(14)15/h3-6,9,11H,1-2H3. The summed E-state index contributed by atoms with van der Waals surface area (Å²) in [7, 11) is 2.85. The van der Waals surface area contributed by atoms with Gasteiger partial charge in [0.25, 0.3) is 5.69 Å². The Morgan fingerprint density at radius 3 is 2.75 bits per heavy atom. The Bertz CT molecular complexity index is 406. The number of nitro groups is 1. The number of esters is 1. The first-order valence-corrected chi connectivity index (χ1v) is 4.59. The number of hydrogen-bond donors (Lipinski definition) is 1. The van der Waals surface area contributed by atoms with E-state index in [-0.39, 0.29) is 5.69 Å². The monoisotopic (exact) mass is 224 g/mol. The second kappa shape index (κ2) is 5.22. The van der Waals surface area contributed by atoms with E-state index in [1.165, 1.54) is 25.3 Å². The number of hydrogen-bond acceptors (Lipinski definition) is 5. The van der Waals surface area contributed by atoms with Gasteiger partial charge in [-0.15, -0.1) is 0 Å². The van der Waals surface area contributed by atoms with Crippen molar-refractivity contribution in [2.45, 2.75) is 6.04 Å². The van der Waals surface area contributed by atoms with Crippen LogP contribution in [0.5, 0.6) is 0 Å². The Morgan fingerprint density at radius 1 is 1.56 bits per heavy atom. The summed E-state index contributed by atoms with van der Waals surface area (Å²) in [6.07, 6.45) is 0. The molecule has 0 heterocycles. The molecule has 0 spiro atoms. The van der Waals surface area contributed by atoms with Gasteiger partial charge in [-0.2, -0.15) is 0 Å². The van der Waals surface area contributed by atoms with Gasteiger partial charge in [-0.05, 0) is 12.6 Å². The van der Waals surface area contributed by atoms with E-state index < -0.39 is 16.9 Å². The van der Waals surface area contributed by atoms with Crippen LogP contribution in [-0.2, 0) is 9.53 Å². The summed E-state index contributed by atoms with van der Waals surface area (Å²) in [5.74, 6) is -0.483. The lowest BCUT2D eigenvalue weighted by Crippen LogP contribution is -2.26. The normalized spacial score (nSPS) is 11.9. The van der Waals surface area contributed by atoms with Crippen molar-refractivity contribution in [1.29, 1.82) is 0 Å². The fourth-order valence-electron chi connectivity index (χ4n) is 1.36. The molecule has 1 aromatic rings. The second-order valence-electron chi connectivity index (χ2n) is 3.10. The number of nitrogens with one attached hydrogen (secondary N) is 1. The van der Waals surface area contributed by atoms with Crippen LogP contribution in [0.1, 0.15) is 11.6 Å². The predicted octanol–water partition coefficient (Wildman–Crippen LogP) is 1.03. The number of rotatable bonds is 4. The minimum atomic E-state index is -0.690. The largest absolute Gasteiger partial charge is 0.468 e. The van der Waals surface area contributed by atoms with E-state index in [2.05, 4.69) is 10.1 Å². The zero-order valence-electron chi connectivity index (χ0n) is 8.97. The highest BCUT2D eigenvalue weighted by atomic mass is 16.6. The molecule has 1 unspecified atom stereocenters. The van der Waals surface area contributed by atoms with E-state index in [4.69, 9.17) is 0 Å². The number of nitrogens with zero attached hydrogens (tertiary/aromatic N) is 1. The van der Waals surface area contributed by atoms with Crippen LogP contribution >= 0.6 is 0 Å². The first-order chi connectivity index (χ1) is 7.60. The van der Waals surface area contributed by atoms with Gasteiger partial charge in [0, 0.05) is 12.1 Å². The smallest absolute Gasteiger partial charge is 0.327 e. The first kappa shape index (κ1) is 12.1. The quantitative estimate of drug-likeness (QED) is 0.469. The Kier molecular flexibility index (Phi) is 3.96. The minimum Gasteiger partial charge on any atom is -0.468 e. The molecule has 0 fully saturated rings. The van der Waals surface area contributed by atoms with Gasteiger partial charge in [-0.3, -0.25) is 10.1 Å². The summed E-state index contributed by atoms with van der Waals surface area (Å²) in [6.45, 7) is 0. The lowest BCUT2D eigenvalue weighted by Gasteiger charge is -2.13. The zero-order valence-corrected chi connectivity index (χ0v) is 8.97. The van der Waals surface area contributed by atoms with Gasteiger partial charge < -0.3 is 10.1 Å². The molecule has 0 radical (unpaired) electrons. The molecule has 0 aromatic heterocycles. The van der Waals surface area contributed by atoms with Crippen LogP contribution in [0.2, 0.25) is 0 Å². The van der Waals surface area contributed by atoms with Gasteiger partial charge in [0.2, 0.25) is 0 Å². The molecule has 1 N–H and O–H groups in total. The van der Waals surface area contributed by atoms with E-state index >= 15 is 0 Å². The van der Waals surface area contributed by atoms with Crippen LogP contribution in [0.15, 0.2) is 24.3 Å². The zero-order chi connectivity index (χ0) is 12.1. The van der Waals surface area contributed by atoms with E-state index in [1.807, 2.05) is 0 Å². The molecular formula is C10H12N2O4. The molecule has 1 aromatic carbocycles. The molecule has 0 aliphatic carbocycles. The number of non-ortho nitro benzene ring substituents is 1. The maximum Gasteiger partial charge on any atom is 0.327 e. The number of likely N-dealkylation sites (N-methyl/N-ethyl adjacent to an activating group) is 1. The Labute approximate surface area is 92.4 Å². The number of ether oxygens (including phenoxy) is 1. The molecule has 0 saturated heterocycles. The van der Waals surface area contributed by atoms with Crippen molar-refractivity contribution in [3.63, 3.8) is 0 Å². The van der Waals surface area contributed by atoms with Crippen molar-refractivity contribution in [1.82, 2.24) is 5.32 Å². The topological polar surface area (TPSA) is 81.5 Å². The third-order valence-electron chi connectivity index (χ3n) is 2.14. The van der Waals surface area contributed by atoms with E-state index in [1.54, 1.807) is 13.1 Å². The Morgan fingerprint density at radius 2 is 2.25 bits per heavy atom. The van der Waals surface area contributed by atoms with Crippen molar-refractivity contribution in [2.75, 3.05) is 14.2 Å². The highest BCUT2D eigenvalue weighted by Gasteiger charge is 2.20. The molecule has 0 aliphatic rings. The van der Waals surface area contributed by atoms with Crippen LogP contribution in [-0.4, -0.2) is 25.1 Å². The minimum absolute atomic E-state index is 0.0540. The van der Waals surface area contributed by atoms with Crippen molar-refractivity contribution < 1.29 is 14.5 Å². The highest BCUT2D eigenvalue weighted by molar-refractivity contribution is 5.77. The van der Waals surface area contributed by atoms with E-state index in [0.29, 0.717) is 5.56 Å².